The summed E-state index contributed by atoms with van der Waals surface area (Å²) in [7, 11) is 0. The minimum Gasteiger partial charge on any atom is -0.464 e. The third-order valence-corrected chi connectivity index (χ3v) is 3.71. The molecule has 1 aromatic carbocycles. The van der Waals surface area contributed by atoms with Crippen molar-refractivity contribution in [2.24, 2.45) is 0 Å². The number of nitrogens with zero attached hydrogens (tertiary/aromatic N) is 2. The molecular weight excluding hydrogens is 328 g/mol. The molecule has 0 saturated carbocycles. The summed E-state index contributed by atoms with van der Waals surface area (Å²) in [5, 5.41) is 0. The maximum Gasteiger partial charge on any atom is 0.320 e. The van der Waals surface area contributed by atoms with E-state index in [0.717, 1.165) is 5.69 Å². The van der Waals surface area contributed by atoms with E-state index in [2.05, 4.69) is 4.90 Å². The molecule has 0 aliphatic carbocycles. The molecule has 0 amide bonds. The number of rotatable bonds is 6. The lowest BCUT2D eigenvalue weighted by atomic mass is 10.2. The first-order chi connectivity index (χ1) is 11.5. The molecule has 1 saturated heterocycles. The number of hydrogen-bond acceptors (Lipinski definition) is 4. The fraction of sp³-hybridized carbons (Fsp3) is 0.438. The lowest BCUT2D eigenvalue weighted by Gasteiger charge is -2.35. The van der Waals surface area contributed by atoms with Gasteiger partial charge in [-0.1, -0.05) is 0 Å². The summed E-state index contributed by atoms with van der Waals surface area (Å²) in [4.78, 5) is 15.5. The monoisotopic (exact) mass is 346 g/mol. The van der Waals surface area contributed by atoms with Gasteiger partial charge in [-0.05, 0) is 24.3 Å². The third-order valence-electron chi connectivity index (χ3n) is 3.71. The van der Waals surface area contributed by atoms with E-state index in [1.165, 1.54) is 12.1 Å². The van der Waals surface area contributed by atoms with E-state index in [1.54, 1.807) is 12.1 Å². The minimum absolute atomic E-state index is 0.0285. The zero-order valence-electron chi connectivity index (χ0n) is 13.0. The molecule has 8 heteroatoms. The van der Waals surface area contributed by atoms with E-state index < -0.39 is 30.9 Å². The molecule has 1 aliphatic rings. The van der Waals surface area contributed by atoms with Gasteiger partial charge in [-0.15, -0.1) is 0 Å². The second-order valence-electron chi connectivity index (χ2n) is 5.38. The van der Waals surface area contributed by atoms with Crippen LogP contribution in [0, 0.1) is 5.82 Å². The number of esters is 1. The number of anilines is 1. The summed E-state index contributed by atoms with van der Waals surface area (Å²) >= 11 is 0. The Hall–Kier alpha value is -2.09. The van der Waals surface area contributed by atoms with Crippen LogP contribution >= 0.6 is 0 Å². The maximum atomic E-state index is 12.9. The van der Waals surface area contributed by atoms with Crippen molar-refractivity contribution >= 4 is 11.7 Å². The van der Waals surface area contributed by atoms with Crippen LogP contribution in [0.1, 0.15) is 6.42 Å². The number of carbonyl (C=O) groups excluding carboxylic acids is 1. The van der Waals surface area contributed by atoms with Crippen LogP contribution in [-0.2, 0) is 9.53 Å². The van der Waals surface area contributed by atoms with Crippen LogP contribution in [0.5, 0.6) is 0 Å². The van der Waals surface area contributed by atoms with E-state index in [1.807, 2.05) is 4.90 Å². The summed E-state index contributed by atoms with van der Waals surface area (Å²) in [5.74, 6) is -2.42. The fourth-order valence-corrected chi connectivity index (χ4v) is 2.39. The average molecular weight is 346 g/mol. The van der Waals surface area contributed by atoms with Gasteiger partial charge in [-0.2, -0.15) is 8.78 Å². The molecule has 0 atom stereocenters. The second-order valence-corrected chi connectivity index (χ2v) is 5.38. The number of ether oxygens (including phenoxy) is 1. The van der Waals surface area contributed by atoms with E-state index in [-0.39, 0.29) is 12.4 Å². The predicted octanol–water partition coefficient (Wildman–Crippen LogP) is 2.96. The molecule has 1 heterocycles. The molecule has 4 nitrogen and oxygen atoms in total. The third kappa shape index (κ3) is 5.52. The number of benzene rings is 1. The number of carbonyl (C=O) groups is 1. The van der Waals surface area contributed by atoms with Gasteiger partial charge in [0.15, 0.2) is 5.83 Å². The largest absolute Gasteiger partial charge is 0.464 e. The van der Waals surface area contributed by atoms with Crippen molar-refractivity contribution in [2.75, 3.05) is 44.2 Å². The van der Waals surface area contributed by atoms with Crippen LogP contribution in [0.15, 0.2) is 36.2 Å². The molecule has 24 heavy (non-hydrogen) atoms. The molecule has 132 valence electrons. The Balaban J connectivity index is 1.70. The average Bonchev–Trinajstić information content (AvgIpc) is 2.56. The molecular formula is C16H18F4N2O2. The topological polar surface area (TPSA) is 32.8 Å². The van der Waals surface area contributed by atoms with E-state index in [0.29, 0.717) is 26.2 Å². The normalized spacial score (nSPS) is 15.2. The van der Waals surface area contributed by atoms with Crippen molar-refractivity contribution in [3.05, 3.63) is 42.0 Å². The Labute approximate surface area is 137 Å². The van der Waals surface area contributed by atoms with Gasteiger partial charge < -0.3 is 9.64 Å². The van der Waals surface area contributed by atoms with Crippen molar-refractivity contribution in [1.82, 2.24) is 4.90 Å². The molecule has 0 N–H and O–H groups in total. The summed E-state index contributed by atoms with van der Waals surface area (Å²) in [6.45, 7) is 2.19. The quantitative estimate of drug-likeness (QED) is 0.586. The second kappa shape index (κ2) is 8.68. The Morgan fingerprint density at radius 1 is 1.04 bits per heavy atom. The predicted molar refractivity (Wildman–Crippen MR) is 81.0 cm³/mol. The first kappa shape index (κ1) is 18.3. The lowest BCUT2D eigenvalue weighted by Crippen LogP contribution is -2.48. The standard InChI is InChI=1S/C16H18F4N2O2/c17-12-1-3-13(4-2-12)22-8-6-21(7-9-22)11-15(23)24-10-5-14(18)16(19)20/h1-4H,5-11H2. The van der Waals surface area contributed by atoms with Gasteiger partial charge in [0.2, 0.25) is 0 Å². The Bertz CT molecular complexity index is 580. The van der Waals surface area contributed by atoms with E-state index in [9.17, 15) is 22.4 Å². The van der Waals surface area contributed by atoms with Crippen molar-refractivity contribution in [3.8, 4) is 0 Å². The van der Waals surface area contributed by atoms with Gasteiger partial charge in [0.05, 0.1) is 13.2 Å². The minimum atomic E-state index is -2.39. The first-order valence-corrected chi connectivity index (χ1v) is 7.54. The SMILES string of the molecule is O=C(CN1CCN(c2ccc(F)cc2)CC1)OCCC(F)=C(F)F. The van der Waals surface area contributed by atoms with Crippen LogP contribution in [0.4, 0.5) is 23.2 Å². The van der Waals surface area contributed by atoms with Crippen LogP contribution in [-0.4, -0.2) is 50.2 Å². The zero-order chi connectivity index (χ0) is 17.5. The highest BCUT2D eigenvalue weighted by molar-refractivity contribution is 5.71. The summed E-state index contributed by atoms with van der Waals surface area (Å²) in [6.07, 6.45) is -3.00. The van der Waals surface area contributed by atoms with Gasteiger partial charge in [-0.3, -0.25) is 9.69 Å². The number of halogens is 4. The molecule has 0 spiro atoms. The zero-order valence-corrected chi connectivity index (χ0v) is 13.0. The fourth-order valence-electron chi connectivity index (χ4n) is 2.39. The van der Waals surface area contributed by atoms with E-state index >= 15 is 0 Å². The number of piperazine rings is 1. The van der Waals surface area contributed by atoms with Gasteiger partial charge in [0, 0.05) is 38.3 Å². The highest BCUT2D eigenvalue weighted by atomic mass is 19.3. The molecule has 2 rings (SSSR count). The van der Waals surface area contributed by atoms with Crippen molar-refractivity contribution in [1.29, 1.82) is 0 Å². The molecule has 1 aromatic rings. The first-order valence-electron chi connectivity index (χ1n) is 7.54. The smallest absolute Gasteiger partial charge is 0.320 e. The highest BCUT2D eigenvalue weighted by Gasteiger charge is 2.20. The summed E-state index contributed by atoms with van der Waals surface area (Å²) in [6, 6.07) is 6.19. The van der Waals surface area contributed by atoms with Crippen LogP contribution in [0.2, 0.25) is 0 Å². The maximum absolute atomic E-state index is 12.9. The Morgan fingerprint density at radius 3 is 2.25 bits per heavy atom. The van der Waals surface area contributed by atoms with Gasteiger partial charge in [-0.25, -0.2) is 8.78 Å². The van der Waals surface area contributed by atoms with Crippen molar-refractivity contribution in [3.63, 3.8) is 0 Å². The van der Waals surface area contributed by atoms with Gasteiger partial charge in [0.1, 0.15) is 5.82 Å². The van der Waals surface area contributed by atoms with Gasteiger partial charge >= 0.3 is 12.0 Å². The summed E-state index contributed by atoms with van der Waals surface area (Å²) < 4.78 is 53.9. The highest BCUT2D eigenvalue weighted by Crippen LogP contribution is 2.17. The van der Waals surface area contributed by atoms with E-state index in [4.69, 9.17) is 4.74 Å². The van der Waals surface area contributed by atoms with Crippen LogP contribution in [0.3, 0.4) is 0 Å². The summed E-state index contributed by atoms with van der Waals surface area (Å²) in [5.41, 5.74) is 0.911. The van der Waals surface area contributed by atoms with Crippen molar-refractivity contribution < 1.29 is 27.1 Å². The number of hydrogen-bond donors (Lipinski definition) is 0. The molecule has 1 aliphatic heterocycles. The molecule has 1 fully saturated rings. The molecule has 0 radical (unpaired) electrons. The van der Waals surface area contributed by atoms with Crippen molar-refractivity contribution in [2.45, 2.75) is 6.42 Å². The Morgan fingerprint density at radius 2 is 1.67 bits per heavy atom. The van der Waals surface area contributed by atoms with Crippen LogP contribution < -0.4 is 4.90 Å². The molecule has 0 aromatic heterocycles. The molecule has 0 bridgehead atoms. The van der Waals surface area contributed by atoms with Crippen LogP contribution in [0.25, 0.3) is 0 Å². The lowest BCUT2D eigenvalue weighted by molar-refractivity contribution is -0.145. The van der Waals surface area contributed by atoms with Gasteiger partial charge in [0.25, 0.3) is 0 Å². The Kier molecular flexibility index (Phi) is 6.60. The molecule has 0 unspecified atom stereocenters.